The smallest absolute Gasteiger partial charge is 0.171 e. The van der Waals surface area contributed by atoms with Crippen molar-refractivity contribution in [2.75, 3.05) is 5.88 Å². The van der Waals surface area contributed by atoms with E-state index in [1.807, 2.05) is 0 Å². The van der Waals surface area contributed by atoms with Gasteiger partial charge in [-0.25, -0.2) is 0 Å². The molecule has 15 heavy (non-hydrogen) atoms. The fraction of sp³-hybridized carbons (Fsp3) is 0.364. The lowest BCUT2D eigenvalue weighted by atomic mass is 9.86. The predicted molar refractivity (Wildman–Crippen MR) is 68.0 cm³/mol. The van der Waals surface area contributed by atoms with Crippen molar-refractivity contribution < 1.29 is 4.79 Å². The van der Waals surface area contributed by atoms with Gasteiger partial charge in [-0.05, 0) is 18.2 Å². The predicted octanol–water partition coefficient (Wildman–Crippen LogP) is 4.55. The molecule has 0 aliphatic heterocycles. The van der Waals surface area contributed by atoms with Crippen LogP contribution in [0.1, 0.15) is 24.2 Å². The van der Waals surface area contributed by atoms with Crippen LogP contribution < -0.4 is 0 Å². The topological polar surface area (TPSA) is 17.1 Å². The monoisotopic (exact) mass is 308 g/mol. The molecule has 0 aromatic heterocycles. The molecule has 4 heteroatoms. The average molecular weight is 310 g/mol. The lowest BCUT2D eigenvalue weighted by Crippen LogP contribution is -2.26. The summed E-state index contributed by atoms with van der Waals surface area (Å²) in [4.78, 5) is 12.0. The highest BCUT2D eigenvalue weighted by Gasteiger charge is 2.28. The van der Waals surface area contributed by atoms with Gasteiger partial charge in [0.15, 0.2) is 5.78 Å². The minimum absolute atomic E-state index is 0.0324. The first-order chi connectivity index (χ1) is 6.88. The van der Waals surface area contributed by atoms with E-state index in [2.05, 4.69) is 15.9 Å². The van der Waals surface area contributed by atoms with Crippen molar-refractivity contribution in [3.63, 3.8) is 0 Å². The summed E-state index contributed by atoms with van der Waals surface area (Å²) in [6, 6.07) is 5.21. The summed E-state index contributed by atoms with van der Waals surface area (Å²) in [7, 11) is 0. The zero-order valence-corrected chi connectivity index (χ0v) is 11.6. The number of ketones is 1. The highest BCUT2D eigenvalue weighted by Crippen LogP contribution is 2.29. The number of carbonyl (C=O) groups excluding carboxylic acids is 1. The molecule has 0 aliphatic carbocycles. The third-order valence-corrected chi connectivity index (χ3v) is 3.60. The van der Waals surface area contributed by atoms with Crippen LogP contribution in [0.5, 0.6) is 0 Å². The molecule has 1 aromatic rings. The van der Waals surface area contributed by atoms with E-state index in [0.717, 1.165) is 4.47 Å². The van der Waals surface area contributed by atoms with Gasteiger partial charge in [-0.2, -0.15) is 0 Å². The normalized spacial score (nSPS) is 11.5. The molecular formula is C11H11BrCl2O. The van der Waals surface area contributed by atoms with Gasteiger partial charge in [0, 0.05) is 21.3 Å². The van der Waals surface area contributed by atoms with Crippen molar-refractivity contribution in [3.8, 4) is 0 Å². The van der Waals surface area contributed by atoms with Gasteiger partial charge in [-0.1, -0.05) is 41.4 Å². The first kappa shape index (κ1) is 13.0. The van der Waals surface area contributed by atoms with Crippen LogP contribution >= 0.6 is 39.1 Å². The molecule has 0 N–H and O–H groups in total. The van der Waals surface area contributed by atoms with Gasteiger partial charge in [0.1, 0.15) is 0 Å². The van der Waals surface area contributed by atoms with Crippen molar-refractivity contribution in [1.29, 1.82) is 0 Å². The number of halogens is 3. The number of benzene rings is 1. The maximum atomic E-state index is 12.0. The van der Waals surface area contributed by atoms with E-state index in [0.29, 0.717) is 10.6 Å². The molecule has 0 fully saturated rings. The molecule has 1 rings (SSSR count). The summed E-state index contributed by atoms with van der Waals surface area (Å²) in [5.74, 6) is 0.244. The van der Waals surface area contributed by atoms with Crippen LogP contribution in [0, 0.1) is 5.41 Å². The lowest BCUT2D eigenvalue weighted by molar-refractivity contribution is 0.0862. The fourth-order valence-electron chi connectivity index (χ4n) is 1.10. The van der Waals surface area contributed by atoms with E-state index < -0.39 is 5.41 Å². The van der Waals surface area contributed by atoms with Gasteiger partial charge in [-0.3, -0.25) is 4.79 Å². The van der Waals surface area contributed by atoms with Crippen molar-refractivity contribution in [2.24, 2.45) is 5.41 Å². The van der Waals surface area contributed by atoms with Gasteiger partial charge in [0.2, 0.25) is 0 Å². The Morgan fingerprint density at radius 2 is 2.07 bits per heavy atom. The molecule has 0 atom stereocenters. The lowest BCUT2D eigenvalue weighted by Gasteiger charge is -2.20. The summed E-state index contributed by atoms with van der Waals surface area (Å²) in [6.07, 6.45) is 0. The van der Waals surface area contributed by atoms with Crippen LogP contribution in [0.2, 0.25) is 5.02 Å². The Morgan fingerprint density at radius 1 is 1.47 bits per heavy atom. The Kier molecular flexibility index (Phi) is 4.21. The minimum atomic E-state index is -0.584. The van der Waals surface area contributed by atoms with Crippen LogP contribution in [0.15, 0.2) is 22.7 Å². The van der Waals surface area contributed by atoms with Crippen LogP contribution in [0.25, 0.3) is 0 Å². The Labute approximate surface area is 108 Å². The first-order valence-corrected chi connectivity index (χ1v) is 6.15. The second-order valence-electron chi connectivity index (χ2n) is 3.97. The third kappa shape index (κ3) is 2.96. The molecule has 0 unspecified atom stereocenters. The first-order valence-electron chi connectivity index (χ1n) is 4.44. The second kappa shape index (κ2) is 4.86. The Hall–Kier alpha value is -0.0500. The quantitative estimate of drug-likeness (QED) is 0.591. The van der Waals surface area contributed by atoms with E-state index in [4.69, 9.17) is 23.2 Å². The fourth-order valence-corrected chi connectivity index (χ4v) is 1.98. The van der Waals surface area contributed by atoms with Crippen LogP contribution in [0.4, 0.5) is 0 Å². The van der Waals surface area contributed by atoms with E-state index in [1.54, 1.807) is 32.0 Å². The molecule has 0 aliphatic rings. The molecule has 0 saturated heterocycles. The van der Waals surface area contributed by atoms with Gasteiger partial charge in [0.25, 0.3) is 0 Å². The zero-order valence-electron chi connectivity index (χ0n) is 8.48. The summed E-state index contributed by atoms with van der Waals surface area (Å²) in [5, 5.41) is 0.451. The van der Waals surface area contributed by atoms with Gasteiger partial charge < -0.3 is 0 Å². The SMILES string of the molecule is CC(C)(CCl)C(=O)c1ccc(Br)cc1Cl. The van der Waals surface area contributed by atoms with Crippen LogP contribution in [0.3, 0.4) is 0 Å². The molecule has 0 amide bonds. The van der Waals surface area contributed by atoms with Crippen LogP contribution in [-0.4, -0.2) is 11.7 Å². The number of hydrogen-bond donors (Lipinski definition) is 0. The minimum Gasteiger partial charge on any atom is -0.293 e. The average Bonchev–Trinajstić information content (AvgIpc) is 2.17. The number of rotatable bonds is 3. The molecule has 1 aromatic carbocycles. The van der Waals surface area contributed by atoms with Crippen molar-refractivity contribution in [2.45, 2.75) is 13.8 Å². The molecule has 0 spiro atoms. The van der Waals surface area contributed by atoms with E-state index in [-0.39, 0.29) is 11.7 Å². The molecule has 1 nitrogen and oxygen atoms in total. The number of Topliss-reactive ketones (excluding diaryl/α,β-unsaturated/α-hetero) is 1. The van der Waals surface area contributed by atoms with E-state index in [9.17, 15) is 4.79 Å². The standard InChI is InChI=1S/C11H11BrCl2O/c1-11(2,6-13)10(15)8-4-3-7(12)5-9(8)14/h3-5H,6H2,1-2H3. The molecule has 0 heterocycles. The van der Waals surface area contributed by atoms with Crippen LogP contribution in [-0.2, 0) is 0 Å². The Bertz CT molecular complexity index is 388. The molecule has 0 radical (unpaired) electrons. The van der Waals surface area contributed by atoms with Gasteiger partial charge in [-0.15, -0.1) is 11.6 Å². The van der Waals surface area contributed by atoms with Crippen molar-refractivity contribution in [1.82, 2.24) is 0 Å². The maximum Gasteiger partial charge on any atom is 0.171 e. The van der Waals surface area contributed by atoms with Crippen molar-refractivity contribution >= 4 is 44.9 Å². The second-order valence-corrected chi connectivity index (χ2v) is 5.56. The maximum absolute atomic E-state index is 12.0. The van der Waals surface area contributed by atoms with Crippen molar-refractivity contribution in [3.05, 3.63) is 33.3 Å². The summed E-state index contributed by atoms with van der Waals surface area (Å²) in [6.45, 7) is 3.61. The Balaban J connectivity index is 3.12. The Morgan fingerprint density at radius 3 is 2.53 bits per heavy atom. The number of alkyl halides is 1. The zero-order chi connectivity index (χ0) is 11.6. The molecular weight excluding hydrogens is 299 g/mol. The third-order valence-electron chi connectivity index (χ3n) is 2.12. The van der Waals surface area contributed by atoms with E-state index >= 15 is 0 Å². The van der Waals surface area contributed by atoms with Gasteiger partial charge >= 0.3 is 0 Å². The van der Waals surface area contributed by atoms with E-state index in [1.165, 1.54) is 0 Å². The molecule has 0 bridgehead atoms. The largest absolute Gasteiger partial charge is 0.293 e. The number of hydrogen-bond acceptors (Lipinski definition) is 1. The highest BCUT2D eigenvalue weighted by molar-refractivity contribution is 9.10. The summed E-state index contributed by atoms with van der Waals surface area (Å²) in [5.41, 5.74) is -0.0653. The summed E-state index contributed by atoms with van der Waals surface area (Å²) >= 11 is 15.0. The molecule has 0 saturated carbocycles. The molecule has 82 valence electrons. The number of carbonyl (C=O) groups is 1. The summed E-state index contributed by atoms with van der Waals surface area (Å²) < 4.78 is 0.854. The van der Waals surface area contributed by atoms with Gasteiger partial charge in [0.05, 0.1) is 5.02 Å². The highest BCUT2D eigenvalue weighted by atomic mass is 79.9.